The van der Waals surface area contributed by atoms with Gasteiger partial charge in [-0.1, -0.05) is 24.3 Å². The van der Waals surface area contributed by atoms with E-state index in [-0.39, 0.29) is 24.3 Å². The van der Waals surface area contributed by atoms with Gasteiger partial charge in [-0.05, 0) is 43.5 Å². The summed E-state index contributed by atoms with van der Waals surface area (Å²) in [6, 6.07) is 12.3. The zero-order chi connectivity index (χ0) is 19.6. The van der Waals surface area contributed by atoms with Crippen LogP contribution in [-0.2, 0) is 23.2 Å². The van der Waals surface area contributed by atoms with Gasteiger partial charge in [0.15, 0.2) is 17.4 Å². The van der Waals surface area contributed by atoms with Crippen LogP contribution in [0, 0.1) is 23.0 Å². The zero-order valence-corrected chi connectivity index (χ0v) is 15.2. The Morgan fingerprint density at radius 1 is 1.19 bits per heavy atom. The minimum atomic E-state index is -0.992. The lowest BCUT2D eigenvalue weighted by atomic mass is 9.86. The summed E-state index contributed by atoms with van der Waals surface area (Å²) in [5, 5.41) is 9.17. The summed E-state index contributed by atoms with van der Waals surface area (Å²) in [4.78, 5) is 16.3. The highest BCUT2D eigenvalue weighted by atomic mass is 19.2. The van der Waals surface area contributed by atoms with Gasteiger partial charge in [0, 0.05) is 6.42 Å². The topological polar surface area (TPSA) is 58.7 Å². The highest BCUT2D eigenvalue weighted by Crippen LogP contribution is 2.23. The number of aryl methyl sites for hydroxylation is 1. The molecule has 1 heterocycles. The SMILES string of the molecule is CC(C)(C#N)c1ccc(CCC(=O)Cn2cnc3ccc(F)c(F)c32)cc1. The number of Topliss-reactive ketones (excluding diaryl/α,β-unsaturated/α-hetero) is 1. The third-order valence-electron chi connectivity index (χ3n) is 4.67. The summed E-state index contributed by atoms with van der Waals surface area (Å²) in [6.45, 7) is 3.64. The molecule has 3 aromatic rings. The van der Waals surface area contributed by atoms with Crippen LogP contribution in [0.2, 0.25) is 0 Å². The van der Waals surface area contributed by atoms with E-state index in [1.807, 2.05) is 38.1 Å². The van der Waals surface area contributed by atoms with Crippen molar-refractivity contribution in [3.05, 3.63) is 65.5 Å². The Morgan fingerprint density at radius 2 is 1.89 bits per heavy atom. The van der Waals surface area contributed by atoms with Crippen LogP contribution in [0.25, 0.3) is 11.0 Å². The van der Waals surface area contributed by atoms with E-state index in [2.05, 4.69) is 11.1 Å². The van der Waals surface area contributed by atoms with Crippen molar-refractivity contribution < 1.29 is 13.6 Å². The first-order chi connectivity index (χ1) is 12.8. The molecule has 0 aliphatic heterocycles. The number of nitriles is 1. The summed E-state index contributed by atoms with van der Waals surface area (Å²) in [7, 11) is 0. The number of imidazole rings is 1. The second-order valence-corrected chi connectivity index (χ2v) is 7.07. The quantitative estimate of drug-likeness (QED) is 0.652. The van der Waals surface area contributed by atoms with E-state index in [0.717, 1.165) is 17.2 Å². The number of hydrogen-bond donors (Lipinski definition) is 0. The van der Waals surface area contributed by atoms with Crippen LogP contribution in [0.5, 0.6) is 0 Å². The molecule has 0 saturated heterocycles. The largest absolute Gasteiger partial charge is 0.321 e. The fourth-order valence-electron chi connectivity index (χ4n) is 2.92. The predicted octanol–water partition coefficient (Wildman–Crippen LogP) is 4.32. The van der Waals surface area contributed by atoms with E-state index >= 15 is 0 Å². The Bertz CT molecular complexity index is 1030. The standard InChI is InChI=1S/C21H19F2N3O/c1-21(2,12-24)15-6-3-14(4-7-15)5-8-16(27)11-26-13-25-18-10-9-17(22)19(23)20(18)26/h3-4,6-7,9-10,13H,5,8,11H2,1-2H3. The highest BCUT2D eigenvalue weighted by Gasteiger charge is 2.19. The lowest BCUT2D eigenvalue weighted by Crippen LogP contribution is -2.14. The van der Waals surface area contributed by atoms with Gasteiger partial charge in [-0.3, -0.25) is 4.79 Å². The minimum absolute atomic E-state index is 0.00596. The van der Waals surface area contributed by atoms with Crippen molar-refractivity contribution in [2.45, 2.75) is 38.6 Å². The van der Waals surface area contributed by atoms with Crippen molar-refractivity contribution in [1.29, 1.82) is 5.26 Å². The van der Waals surface area contributed by atoms with E-state index in [0.29, 0.717) is 11.9 Å². The smallest absolute Gasteiger partial charge is 0.184 e. The number of fused-ring (bicyclic) bond motifs is 1. The molecule has 0 saturated carbocycles. The van der Waals surface area contributed by atoms with Gasteiger partial charge in [-0.25, -0.2) is 13.8 Å². The van der Waals surface area contributed by atoms with Gasteiger partial charge in [-0.15, -0.1) is 0 Å². The Morgan fingerprint density at radius 3 is 2.56 bits per heavy atom. The van der Waals surface area contributed by atoms with Gasteiger partial charge in [0.2, 0.25) is 0 Å². The minimum Gasteiger partial charge on any atom is -0.321 e. The van der Waals surface area contributed by atoms with Crippen LogP contribution in [-0.4, -0.2) is 15.3 Å². The van der Waals surface area contributed by atoms with E-state index in [1.165, 1.54) is 17.0 Å². The third-order valence-corrected chi connectivity index (χ3v) is 4.67. The molecule has 4 nitrogen and oxygen atoms in total. The molecule has 0 unspecified atom stereocenters. The summed E-state index contributed by atoms with van der Waals surface area (Å²) in [5.41, 5.74) is 1.66. The molecule has 0 amide bonds. The van der Waals surface area contributed by atoms with Crippen molar-refractivity contribution in [3.8, 4) is 6.07 Å². The number of carbonyl (C=O) groups is 1. The Balaban J connectivity index is 1.66. The molecular formula is C21H19F2N3O. The number of aromatic nitrogens is 2. The molecule has 3 rings (SSSR count). The van der Waals surface area contributed by atoms with Gasteiger partial charge in [-0.2, -0.15) is 5.26 Å². The first kappa shape index (κ1) is 18.7. The van der Waals surface area contributed by atoms with Gasteiger partial charge in [0.25, 0.3) is 0 Å². The van der Waals surface area contributed by atoms with Gasteiger partial charge in [0.1, 0.15) is 5.52 Å². The summed E-state index contributed by atoms with van der Waals surface area (Å²) >= 11 is 0. The van der Waals surface area contributed by atoms with Crippen LogP contribution in [0.1, 0.15) is 31.4 Å². The Hall–Kier alpha value is -3.07. The van der Waals surface area contributed by atoms with Gasteiger partial charge in [0.05, 0.1) is 29.9 Å². The number of carbonyl (C=O) groups excluding carboxylic acids is 1. The normalized spacial score (nSPS) is 11.5. The van der Waals surface area contributed by atoms with Crippen LogP contribution in [0.4, 0.5) is 8.78 Å². The zero-order valence-electron chi connectivity index (χ0n) is 15.2. The Labute approximate surface area is 156 Å². The molecule has 27 heavy (non-hydrogen) atoms. The summed E-state index contributed by atoms with van der Waals surface area (Å²) in [5.74, 6) is -2.05. The monoisotopic (exact) mass is 367 g/mol. The van der Waals surface area contributed by atoms with Crippen LogP contribution < -0.4 is 0 Å². The average Bonchev–Trinajstić information content (AvgIpc) is 3.06. The molecule has 0 N–H and O–H groups in total. The van der Waals surface area contributed by atoms with Crippen LogP contribution in [0.3, 0.4) is 0 Å². The average molecular weight is 367 g/mol. The number of ketones is 1. The first-order valence-corrected chi connectivity index (χ1v) is 8.63. The molecule has 1 aromatic heterocycles. The maximum Gasteiger partial charge on any atom is 0.184 e. The Kier molecular flexibility index (Phi) is 5.04. The molecule has 0 aliphatic carbocycles. The van der Waals surface area contributed by atoms with Crippen molar-refractivity contribution in [2.24, 2.45) is 0 Å². The molecule has 0 fully saturated rings. The van der Waals surface area contributed by atoms with E-state index in [9.17, 15) is 18.8 Å². The van der Waals surface area contributed by atoms with Crippen LogP contribution in [0.15, 0.2) is 42.7 Å². The lowest BCUT2D eigenvalue weighted by molar-refractivity contribution is -0.119. The number of nitrogens with zero attached hydrogens (tertiary/aromatic N) is 3. The number of hydrogen-bond acceptors (Lipinski definition) is 3. The molecule has 0 atom stereocenters. The molecule has 0 aliphatic rings. The molecule has 0 radical (unpaired) electrons. The maximum atomic E-state index is 14.0. The number of rotatable bonds is 6. The van der Waals surface area contributed by atoms with Crippen molar-refractivity contribution in [3.63, 3.8) is 0 Å². The van der Waals surface area contributed by atoms with Gasteiger partial charge >= 0.3 is 0 Å². The van der Waals surface area contributed by atoms with Gasteiger partial charge < -0.3 is 4.57 Å². The molecule has 0 bridgehead atoms. The number of halogens is 2. The van der Waals surface area contributed by atoms with E-state index in [4.69, 9.17) is 0 Å². The first-order valence-electron chi connectivity index (χ1n) is 8.63. The highest BCUT2D eigenvalue weighted by molar-refractivity contribution is 5.82. The second-order valence-electron chi connectivity index (χ2n) is 7.07. The summed E-state index contributed by atoms with van der Waals surface area (Å²) in [6.07, 6.45) is 2.16. The van der Waals surface area contributed by atoms with E-state index in [1.54, 1.807) is 0 Å². The number of benzene rings is 2. The fraction of sp³-hybridized carbons (Fsp3) is 0.286. The third kappa shape index (κ3) is 3.87. The van der Waals surface area contributed by atoms with Crippen molar-refractivity contribution >= 4 is 16.8 Å². The molecule has 2 aromatic carbocycles. The lowest BCUT2D eigenvalue weighted by Gasteiger charge is -2.15. The molecule has 6 heteroatoms. The van der Waals surface area contributed by atoms with Crippen molar-refractivity contribution in [1.82, 2.24) is 9.55 Å². The predicted molar refractivity (Wildman–Crippen MR) is 98.1 cm³/mol. The molecule has 138 valence electrons. The van der Waals surface area contributed by atoms with Crippen LogP contribution >= 0.6 is 0 Å². The molecular weight excluding hydrogens is 348 g/mol. The molecule has 0 spiro atoms. The van der Waals surface area contributed by atoms with E-state index < -0.39 is 17.0 Å². The second kappa shape index (κ2) is 7.28. The van der Waals surface area contributed by atoms with Crippen molar-refractivity contribution in [2.75, 3.05) is 0 Å². The summed E-state index contributed by atoms with van der Waals surface area (Å²) < 4.78 is 28.8. The fourth-order valence-corrected chi connectivity index (χ4v) is 2.92. The maximum absolute atomic E-state index is 14.0.